The summed E-state index contributed by atoms with van der Waals surface area (Å²) >= 11 is 0. The van der Waals surface area contributed by atoms with Gasteiger partial charge in [0.2, 0.25) is 0 Å². The highest BCUT2D eigenvalue weighted by molar-refractivity contribution is 8.15. The lowest BCUT2D eigenvalue weighted by atomic mass is 11.5. The number of thiol groups is 1. The van der Waals surface area contributed by atoms with Crippen molar-refractivity contribution in [3.8, 4) is 0 Å². The molecule has 0 aromatic heterocycles. The van der Waals surface area contributed by atoms with Gasteiger partial charge in [0.25, 0.3) is 0 Å². The summed E-state index contributed by atoms with van der Waals surface area (Å²) in [7, 11) is 0.180. The summed E-state index contributed by atoms with van der Waals surface area (Å²) in [6, 6.07) is 0. The molecule has 0 bridgehead atoms. The van der Waals surface area contributed by atoms with E-state index in [4.69, 9.17) is 5.73 Å². The lowest BCUT2D eigenvalue weighted by Gasteiger charge is -1.98. The minimum Gasteiger partial charge on any atom is -0.323 e. The van der Waals surface area contributed by atoms with Crippen molar-refractivity contribution in [3.63, 3.8) is 0 Å². The second kappa shape index (κ2) is 2.54. The van der Waals surface area contributed by atoms with E-state index in [9.17, 15) is 0 Å². The quantitative estimate of drug-likeness (QED) is 0.444. The van der Waals surface area contributed by atoms with Crippen LogP contribution in [0, 0.1) is 0 Å². The first-order valence-electron chi connectivity index (χ1n) is 1.62. The standard InChI is InChI=1S/C3H11NS/c1-5(2)3-4/h5H,3-4H2,1-2H3. The van der Waals surface area contributed by atoms with Gasteiger partial charge in [-0.25, -0.2) is 10.9 Å². The van der Waals surface area contributed by atoms with Crippen LogP contribution in [0.4, 0.5) is 0 Å². The van der Waals surface area contributed by atoms with Gasteiger partial charge < -0.3 is 5.73 Å². The average Bonchev–Trinajstić information content (AvgIpc) is 1.38. The zero-order valence-corrected chi connectivity index (χ0v) is 4.63. The van der Waals surface area contributed by atoms with Crippen LogP contribution in [0.15, 0.2) is 0 Å². The van der Waals surface area contributed by atoms with Gasteiger partial charge in [0.1, 0.15) is 0 Å². The van der Waals surface area contributed by atoms with E-state index in [-0.39, 0.29) is 10.9 Å². The van der Waals surface area contributed by atoms with Crippen LogP contribution in [0.2, 0.25) is 0 Å². The van der Waals surface area contributed by atoms with Gasteiger partial charge in [-0.2, -0.15) is 0 Å². The number of hydrogen-bond acceptors (Lipinski definition) is 1. The van der Waals surface area contributed by atoms with Gasteiger partial charge >= 0.3 is 0 Å². The molecule has 2 N–H and O–H groups in total. The number of nitrogens with two attached hydrogens (primary N) is 1. The molecule has 1 nitrogen and oxygen atoms in total. The Morgan fingerprint density at radius 1 is 1.60 bits per heavy atom. The first kappa shape index (κ1) is 5.31. The highest BCUT2D eigenvalue weighted by Gasteiger charge is 1.72. The molecule has 0 fully saturated rings. The molecular formula is C3H11NS. The van der Waals surface area contributed by atoms with Gasteiger partial charge in [-0.1, -0.05) is 0 Å². The third-order valence-electron chi connectivity index (χ3n) is 0.365. The predicted molar refractivity (Wildman–Crippen MR) is 29.9 cm³/mol. The van der Waals surface area contributed by atoms with E-state index in [1.165, 1.54) is 0 Å². The van der Waals surface area contributed by atoms with Crippen molar-refractivity contribution in [2.24, 2.45) is 5.73 Å². The van der Waals surface area contributed by atoms with E-state index in [0.29, 0.717) is 0 Å². The first-order valence-corrected chi connectivity index (χ1v) is 4.04. The lowest BCUT2D eigenvalue weighted by Crippen LogP contribution is -1.95. The summed E-state index contributed by atoms with van der Waals surface area (Å²) in [5.41, 5.74) is 5.20. The Bertz CT molecular complexity index is 20.9. The first-order chi connectivity index (χ1) is 2.27. The zero-order chi connectivity index (χ0) is 4.28. The molecule has 0 atom stereocenters. The van der Waals surface area contributed by atoms with Crippen molar-refractivity contribution in [2.45, 2.75) is 0 Å². The fourth-order valence-electron chi connectivity index (χ4n) is 0. The Labute approximate surface area is 35.9 Å². The molecule has 0 radical (unpaired) electrons. The molecule has 0 heterocycles. The zero-order valence-electron chi connectivity index (χ0n) is 3.73. The van der Waals surface area contributed by atoms with Crippen molar-refractivity contribution in [1.82, 2.24) is 0 Å². The molecule has 5 heavy (non-hydrogen) atoms. The molecule has 0 aliphatic rings. The Hall–Kier alpha value is 0.310. The van der Waals surface area contributed by atoms with Crippen molar-refractivity contribution >= 4 is 10.9 Å². The molecule has 0 spiro atoms. The lowest BCUT2D eigenvalue weighted by molar-refractivity contribution is 1.39. The summed E-state index contributed by atoms with van der Waals surface area (Å²) in [5.74, 6) is 0.870. The maximum absolute atomic E-state index is 5.20. The van der Waals surface area contributed by atoms with Gasteiger partial charge in [0, 0.05) is 5.88 Å². The fraction of sp³-hybridized carbons (Fsp3) is 1.00. The van der Waals surface area contributed by atoms with Crippen LogP contribution in [-0.2, 0) is 0 Å². The third-order valence-corrected chi connectivity index (χ3v) is 1.10. The van der Waals surface area contributed by atoms with Crippen LogP contribution in [0.1, 0.15) is 0 Å². The molecular weight excluding hydrogens is 82.1 g/mol. The second-order valence-electron chi connectivity index (χ2n) is 1.26. The van der Waals surface area contributed by atoms with Crippen LogP contribution in [0.5, 0.6) is 0 Å². The predicted octanol–water partition coefficient (Wildman–Crippen LogP) is 0.163. The minimum absolute atomic E-state index is 0.180. The molecule has 0 amide bonds. The fourth-order valence-corrected chi connectivity index (χ4v) is 0. The van der Waals surface area contributed by atoms with Crippen molar-refractivity contribution in [3.05, 3.63) is 0 Å². The highest BCUT2D eigenvalue weighted by atomic mass is 32.2. The Kier molecular flexibility index (Phi) is 2.70. The minimum atomic E-state index is 0.180. The summed E-state index contributed by atoms with van der Waals surface area (Å²) in [5, 5.41) is 0. The van der Waals surface area contributed by atoms with Crippen LogP contribution in [-0.4, -0.2) is 18.4 Å². The Balaban J connectivity index is 2.54. The Morgan fingerprint density at radius 2 is 1.80 bits per heavy atom. The van der Waals surface area contributed by atoms with Crippen LogP contribution in [0.25, 0.3) is 0 Å². The van der Waals surface area contributed by atoms with Gasteiger partial charge in [-0.15, -0.1) is 0 Å². The van der Waals surface area contributed by atoms with E-state index < -0.39 is 0 Å². The van der Waals surface area contributed by atoms with Gasteiger partial charge in [-0.3, -0.25) is 0 Å². The third kappa shape index (κ3) is 4.31. The molecule has 0 aromatic rings. The average molecular weight is 93.2 g/mol. The van der Waals surface area contributed by atoms with Crippen molar-refractivity contribution in [1.29, 1.82) is 0 Å². The summed E-state index contributed by atoms with van der Waals surface area (Å²) in [6.07, 6.45) is 4.32. The number of hydrogen-bond donors (Lipinski definition) is 2. The molecule has 0 saturated heterocycles. The van der Waals surface area contributed by atoms with E-state index in [1.54, 1.807) is 0 Å². The number of rotatable bonds is 1. The highest BCUT2D eigenvalue weighted by Crippen LogP contribution is 2.05. The molecule has 0 saturated carbocycles. The van der Waals surface area contributed by atoms with E-state index in [0.717, 1.165) is 5.88 Å². The maximum Gasteiger partial charge on any atom is 0.0206 e. The van der Waals surface area contributed by atoms with E-state index in [2.05, 4.69) is 12.5 Å². The molecule has 2 heteroatoms. The normalized spacial score (nSPS) is 11.4. The molecule has 0 aromatic carbocycles. The van der Waals surface area contributed by atoms with Crippen molar-refractivity contribution < 1.29 is 0 Å². The molecule has 34 valence electrons. The smallest absolute Gasteiger partial charge is 0.0206 e. The van der Waals surface area contributed by atoms with E-state index in [1.807, 2.05) is 0 Å². The van der Waals surface area contributed by atoms with Crippen LogP contribution in [0.3, 0.4) is 0 Å². The Morgan fingerprint density at radius 3 is 1.80 bits per heavy atom. The monoisotopic (exact) mass is 93.1 g/mol. The maximum atomic E-state index is 5.20. The van der Waals surface area contributed by atoms with Crippen LogP contribution < -0.4 is 5.73 Å². The summed E-state index contributed by atoms with van der Waals surface area (Å²) in [6.45, 7) is 0. The summed E-state index contributed by atoms with van der Waals surface area (Å²) < 4.78 is 0. The van der Waals surface area contributed by atoms with Gasteiger partial charge in [0.15, 0.2) is 0 Å². The second-order valence-corrected chi connectivity index (χ2v) is 3.79. The van der Waals surface area contributed by atoms with Crippen molar-refractivity contribution in [2.75, 3.05) is 18.4 Å². The van der Waals surface area contributed by atoms with E-state index >= 15 is 0 Å². The van der Waals surface area contributed by atoms with Gasteiger partial charge in [0.05, 0.1) is 0 Å². The molecule has 0 unspecified atom stereocenters. The molecule has 0 rings (SSSR count). The largest absolute Gasteiger partial charge is 0.323 e. The SMILES string of the molecule is C[SH](C)CN. The van der Waals surface area contributed by atoms with Crippen LogP contribution >= 0.6 is 10.9 Å². The summed E-state index contributed by atoms with van der Waals surface area (Å²) in [4.78, 5) is 0. The topological polar surface area (TPSA) is 26.0 Å². The molecule has 0 aliphatic carbocycles. The molecule has 0 aliphatic heterocycles. The van der Waals surface area contributed by atoms with Gasteiger partial charge in [-0.05, 0) is 12.5 Å².